The van der Waals surface area contributed by atoms with Gasteiger partial charge in [0.1, 0.15) is 17.3 Å². The Kier molecular flexibility index (Phi) is 7.62. The van der Waals surface area contributed by atoms with Crippen LogP contribution in [0.2, 0.25) is 0 Å². The molecular formula is C27H41N3O3. The average Bonchev–Trinajstić information content (AvgIpc) is 3.63. The van der Waals surface area contributed by atoms with Crippen LogP contribution in [0.15, 0.2) is 24.3 Å². The van der Waals surface area contributed by atoms with Crippen molar-refractivity contribution in [3.63, 3.8) is 0 Å². The Labute approximate surface area is 199 Å². The lowest BCUT2D eigenvalue weighted by Crippen LogP contribution is -2.73. The summed E-state index contributed by atoms with van der Waals surface area (Å²) >= 11 is 0. The molecule has 0 radical (unpaired) electrons. The van der Waals surface area contributed by atoms with Gasteiger partial charge in [0, 0.05) is 26.2 Å². The molecule has 1 N–H and O–H groups in total. The van der Waals surface area contributed by atoms with E-state index in [1.54, 1.807) is 0 Å². The number of hydrogen-bond acceptors (Lipinski definition) is 4. The zero-order chi connectivity index (χ0) is 23.4. The lowest BCUT2D eigenvalue weighted by atomic mass is 9.80. The molecule has 1 saturated carbocycles. The number of rotatable bonds is 10. The molecule has 1 unspecified atom stereocenters. The van der Waals surface area contributed by atoms with Crippen LogP contribution in [0, 0.1) is 11.8 Å². The molecule has 33 heavy (non-hydrogen) atoms. The number of likely N-dealkylation sites (tertiary alicyclic amines) is 1. The molecule has 1 atom stereocenters. The summed E-state index contributed by atoms with van der Waals surface area (Å²) in [7, 11) is 0. The minimum Gasteiger partial charge on any atom is -0.493 e. The van der Waals surface area contributed by atoms with Crippen LogP contribution < -0.4 is 10.1 Å². The number of carbonyl (C=O) groups excluding carboxylic acids is 2. The highest BCUT2D eigenvalue weighted by Gasteiger charge is 2.53. The minimum atomic E-state index is -0.684. The summed E-state index contributed by atoms with van der Waals surface area (Å²) in [4.78, 5) is 31.1. The normalized spacial score (nSPS) is 23.3. The quantitative estimate of drug-likeness (QED) is 0.580. The molecule has 4 rings (SSSR count). The number of piperazine rings is 1. The molecule has 2 heterocycles. The van der Waals surface area contributed by atoms with Crippen molar-refractivity contribution in [1.82, 2.24) is 15.1 Å². The first-order valence-electron chi connectivity index (χ1n) is 13.0. The van der Waals surface area contributed by atoms with Crippen molar-refractivity contribution < 1.29 is 14.3 Å². The van der Waals surface area contributed by atoms with Crippen molar-refractivity contribution in [1.29, 1.82) is 0 Å². The Morgan fingerprint density at radius 1 is 1.12 bits per heavy atom. The molecule has 0 bridgehead atoms. The number of nitrogens with zero attached hydrogens (tertiary/aromatic N) is 2. The number of benzene rings is 1. The van der Waals surface area contributed by atoms with Crippen molar-refractivity contribution in [2.45, 2.75) is 83.8 Å². The SMILES string of the molecule is CCCCN1C(=O)C(CC(C)C)NC(=O)C12CCN(Cc1ccc(OCC3CC3)cc1)CC2. The number of ether oxygens (including phenoxy) is 1. The van der Waals surface area contributed by atoms with Gasteiger partial charge in [-0.05, 0) is 68.1 Å². The van der Waals surface area contributed by atoms with E-state index < -0.39 is 5.54 Å². The van der Waals surface area contributed by atoms with Gasteiger partial charge in [-0.25, -0.2) is 0 Å². The average molecular weight is 456 g/mol. The fourth-order valence-electron chi connectivity index (χ4n) is 5.17. The van der Waals surface area contributed by atoms with Gasteiger partial charge < -0.3 is 15.0 Å². The number of unbranched alkanes of at least 4 members (excludes halogenated alkanes) is 1. The number of carbonyl (C=O) groups is 2. The Morgan fingerprint density at radius 2 is 1.82 bits per heavy atom. The first kappa shape index (κ1) is 24.1. The molecule has 6 heteroatoms. The number of nitrogens with one attached hydrogen (secondary N) is 1. The van der Waals surface area contributed by atoms with Gasteiger partial charge in [-0.3, -0.25) is 14.5 Å². The van der Waals surface area contributed by atoms with E-state index in [0.29, 0.717) is 31.7 Å². The predicted octanol–water partition coefficient (Wildman–Crippen LogP) is 3.98. The van der Waals surface area contributed by atoms with Gasteiger partial charge in [-0.2, -0.15) is 0 Å². The standard InChI is InChI=1S/C27H41N3O3/c1-4-5-14-30-25(31)24(17-20(2)3)28-26(32)27(30)12-15-29(16-13-27)18-21-8-10-23(11-9-21)33-19-22-6-7-22/h8-11,20,22,24H,4-7,12-19H2,1-3H3,(H,28,32). The summed E-state index contributed by atoms with van der Waals surface area (Å²) in [6.07, 6.45) is 6.65. The Balaban J connectivity index is 1.37. The largest absolute Gasteiger partial charge is 0.493 e. The molecule has 2 saturated heterocycles. The topological polar surface area (TPSA) is 61.9 Å². The second-order valence-corrected chi connectivity index (χ2v) is 10.7. The maximum atomic E-state index is 13.4. The second kappa shape index (κ2) is 10.5. The molecule has 1 aliphatic carbocycles. The summed E-state index contributed by atoms with van der Waals surface area (Å²) in [5, 5.41) is 3.10. The molecule has 2 amide bonds. The Hall–Kier alpha value is -2.08. The molecule has 1 aromatic carbocycles. The first-order chi connectivity index (χ1) is 15.9. The van der Waals surface area contributed by atoms with E-state index in [-0.39, 0.29) is 17.9 Å². The van der Waals surface area contributed by atoms with Crippen LogP contribution in [0.3, 0.4) is 0 Å². The smallest absolute Gasteiger partial charge is 0.246 e. The van der Waals surface area contributed by atoms with E-state index in [2.05, 4.69) is 55.3 Å². The monoisotopic (exact) mass is 455 g/mol. The van der Waals surface area contributed by atoms with Gasteiger partial charge in [-0.1, -0.05) is 39.3 Å². The third-order valence-electron chi connectivity index (χ3n) is 7.45. The van der Waals surface area contributed by atoms with Crippen LogP contribution in [0.4, 0.5) is 0 Å². The van der Waals surface area contributed by atoms with E-state index in [1.807, 2.05) is 4.90 Å². The molecule has 182 valence electrons. The van der Waals surface area contributed by atoms with Gasteiger partial charge in [0.05, 0.1) is 6.61 Å². The fraction of sp³-hybridized carbons (Fsp3) is 0.704. The molecular weight excluding hydrogens is 414 g/mol. The highest BCUT2D eigenvalue weighted by atomic mass is 16.5. The molecule has 1 aromatic rings. The molecule has 3 aliphatic rings. The lowest BCUT2D eigenvalue weighted by molar-refractivity contribution is -0.161. The molecule has 0 aromatic heterocycles. The van der Waals surface area contributed by atoms with Crippen LogP contribution in [-0.4, -0.2) is 59.4 Å². The van der Waals surface area contributed by atoms with Gasteiger partial charge >= 0.3 is 0 Å². The maximum absolute atomic E-state index is 13.4. The third-order valence-corrected chi connectivity index (χ3v) is 7.45. The zero-order valence-corrected chi connectivity index (χ0v) is 20.6. The van der Waals surface area contributed by atoms with Crippen molar-refractivity contribution >= 4 is 11.8 Å². The van der Waals surface area contributed by atoms with Gasteiger partial charge in [0.25, 0.3) is 0 Å². The van der Waals surface area contributed by atoms with Crippen molar-refractivity contribution in [2.24, 2.45) is 11.8 Å². The fourth-order valence-corrected chi connectivity index (χ4v) is 5.17. The van der Waals surface area contributed by atoms with E-state index >= 15 is 0 Å². The van der Waals surface area contributed by atoms with Crippen LogP contribution in [-0.2, 0) is 16.1 Å². The molecule has 1 spiro atoms. The van der Waals surface area contributed by atoms with E-state index in [4.69, 9.17) is 4.74 Å². The highest BCUT2D eigenvalue weighted by Crippen LogP contribution is 2.35. The summed E-state index contributed by atoms with van der Waals surface area (Å²) in [6.45, 7) is 10.4. The highest BCUT2D eigenvalue weighted by molar-refractivity contribution is 6.00. The molecule has 6 nitrogen and oxygen atoms in total. The van der Waals surface area contributed by atoms with Gasteiger partial charge in [0.15, 0.2) is 0 Å². The lowest BCUT2D eigenvalue weighted by Gasteiger charge is -2.52. The van der Waals surface area contributed by atoms with Crippen LogP contribution in [0.5, 0.6) is 5.75 Å². The summed E-state index contributed by atoms with van der Waals surface area (Å²) in [5.41, 5.74) is 0.574. The number of amides is 2. The Bertz CT molecular complexity index is 810. The van der Waals surface area contributed by atoms with Crippen LogP contribution in [0.25, 0.3) is 0 Å². The Morgan fingerprint density at radius 3 is 2.42 bits per heavy atom. The zero-order valence-electron chi connectivity index (χ0n) is 20.6. The van der Waals surface area contributed by atoms with Crippen LogP contribution >= 0.6 is 0 Å². The summed E-state index contributed by atoms with van der Waals surface area (Å²) in [6, 6.07) is 8.05. The second-order valence-electron chi connectivity index (χ2n) is 10.7. The maximum Gasteiger partial charge on any atom is 0.246 e. The van der Waals surface area contributed by atoms with Crippen molar-refractivity contribution in [3.8, 4) is 5.75 Å². The van der Waals surface area contributed by atoms with Gasteiger partial charge in [0.2, 0.25) is 11.8 Å². The van der Waals surface area contributed by atoms with Crippen molar-refractivity contribution in [3.05, 3.63) is 29.8 Å². The molecule has 2 aliphatic heterocycles. The summed E-state index contributed by atoms with van der Waals surface area (Å²) < 4.78 is 5.85. The summed E-state index contributed by atoms with van der Waals surface area (Å²) in [5.74, 6) is 2.25. The van der Waals surface area contributed by atoms with Crippen molar-refractivity contribution in [2.75, 3.05) is 26.2 Å². The van der Waals surface area contributed by atoms with Gasteiger partial charge in [-0.15, -0.1) is 0 Å². The van der Waals surface area contributed by atoms with E-state index in [9.17, 15) is 9.59 Å². The van der Waals surface area contributed by atoms with E-state index in [0.717, 1.165) is 50.8 Å². The number of hydrogen-bond donors (Lipinski definition) is 1. The predicted molar refractivity (Wildman–Crippen MR) is 130 cm³/mol. The molecule has 3 fully saturated rings. The van der Waals surface area contributed by atoms with E-state index in [1.165, 1.54) is 18.4 Å². The third kappa shape index (κ3) is 5.71. The minimum absolute atomic E-state index is 0.0562. The van der Waals surface area contributed by atoms with Crippen LogP contribution in [0.1, 0.15) is 71.3 Å². The first-order valence-corrected chi connectivity index (χ1v) is 13.0. The number of piperidine rings is 1.